The van der Waals surface area contributed by atoms with E-state index in [4.69, 9.17) is 9.78 Å². The third kappa shape index (κ3) is 6.58. The van der Waals surface area contributed by atoms with E-state index in [1.165, 1.54) is 22.3 Å². The highest BCUT2D eigenvalue weighted by molar-refractivity contribution is 5.41. The normalized spacial score (nSPS) is 12.7. The monoisotopic (exact) mass is 574 g/mol. The van der Waals surface area contributed by atoms with Crippen LogP contribution in [0.2, 0.25) is 0 Å². The predicted octanol–water partition coefficient (Wildman–Crippen LogP) is 10.7. The predicted molar refractivity (Wildman–Crippen MR) is 179 cm³/mol. The molecule has 0 aliphatic heterocycles. The van der Waals surface area contributed by atoms with Crippen molar-refractivity contribution >= 4 is 0 Å². The van der Waals surface area contributed by atoms with Gasteiger partial charge in [0.05, 0.1) is 0 Å². The van der Waals surface area contributed by atoms with Crippen LogP contribution in [0.4, 0.5) is 0 Å². The zero-order valence-corrected chi connectivity index (χ0v) is 25.3. The van der Waals surface area contributed by atoms with Crippen LogP contribution >= 0.6 is 0 Å². The molecule has 0 spiro atoms. The van der Waals surface area contributed by atoms with Gasteiger partial charge in [-0.2, -0.15) is 0 Å². The van der Waals surface area contributed by atoms with Crippen molar-refractivity contribution in [1.82, 2.24) is 0 Å². The summed E-state index contributed by atoms with van der Waals surface area (Å²) in [5.41, 5.74) is 9.21. The second kappa shape index (κ2) is 14.1. The molecule has 6 rings (SSSR count). The number of benzene rings is 6. The molecule has 2 atom stereocenters. The van der Waals surface area contributed by atoms with Gasteiger partial charge in [0.2, 0.25) is 0 Å². The molecule has 0 heterocycles. The summed E-state index contributed by atoms with van der Waals surface area (Å²) in [6, 6.07) is 59.4. The molecule has 6 aromatic rings. The van der Waals surface area contributed by atoms with Gasteiger partial charge in [0.15, 0.2) is 0 Å². The molecular weight excluding hydrogens is 536 g/mol. The number of aryl methyl sites for hydroxylation is 2. The Bertz CT molecular complexity index is 1520. The molecule has 2 nitrogen and oxygen atoms in total. The average molecular weight is 575 g/mol. The minimum atomic E-state index is -0.403. The highest BCUT2D eigenvalue weighted by Crippen LogP contribution is 2.45. The molecular formula is C42H38O2. The van der Waals surface area contributed by atoms with E-state index in [-0.39, 0.29) is 11.8 Å². The van der Waals surface area contributed by atoms with Crippen LogP contribution in [0.3, 0.4) is 0 Å². The first-order valence-corrected chi connectivity index (χ1v) is 15.3. The molecule has 0 aliphatic rings. The van der Waals surface area contributed by atoms with Crippen LogP contribution in [-0.2, 0) is 9.78 Å². The summed E-state index contributed by atoms with van der Waals surface area (Å²) < 4.78 is 0. The third-order valence-corrected chi connectivity index (χ3v) is 8.49. The summed E-state index contributed by atoms with van der Waals surface area (Å²) in [5, 5.41) is 0. The fourth-order valence-electron chi connectivity index (χ4n) is 6.23. The summed E-state index contributed by atoms with van der Waals surface area (Å²) in [6.07, 6.45) is -0.806. The Labute approximate surface area is 261 Å². The van der Waals surface area contributed by atoms with Gasteiger partial charge in [-0.15, -0.1) is 0 Å². The van der Waals surface area contributed by atoms with Crippen LogP contribution in [0, 0.1) is 13.8 Å². The summed E-state index contributed by atoms with van der Waals surface area (Å²) in [4.78, 5) is 13.8. The molecule has 0 saturated heterocycles. The van der Waals surface area contributed by atoms with E-state index >= 15 is 0 Å². The van der Waals surface area contributed by atoms with Gasteiger partial charge in [-0.1, -0.05) is 170 Å². The molecule has 0 N–H and O–H groups in total. The second-order valence-electron chi connectivity index (χ2n) is 11.3. The molecule has 44 heavy (non-hydrogen) atoms. The van der Waals surface area contributed by atoms with Gasteiger partial charge in [0.1, 0.15) is 12.2 Å². The fourth-order valence-corrected chi connectivity index (χ4v) is 6.23. The molecule has 0 amide bonds. The van der Waals surface area contributed by atoms with E-state index in [1.807, 2.05) is 0 Å². The molecule has 0 radical (unpaired) electrons. The molecule has 2 unspecified atom stereocenters. The Morgan fingerprint density at radius 3 is 0.841 bits per heavy atom. The Balaban J connectivity index is 1.49. The maximum Gasteiger partial charge on any atom is 0.129 e. The van der Waals surface area contributed by atoms with Gasteiger partial charge in [0.25, 0.3) is 0 Å². The minimum absolute atomic E-state index is 0.0945. The van der Waals surface area contributed by atoms with Crippen LogP contribution in [0.25, 0.3) is 0 Å². The summed E-state index contributed by atoms with van der Waals surface area (Å²) in [5.74, 6) is -0.189. The fraction of sp³-hybridized carbons (Fsp3) is 0.143. The SMILES string of the molecule is Cc1ccccc1C(OOC(c1ccccc1C)C(c1ccccc1)c1ccccc1)C(c1ccccc1)c1ccccc1. The smallest absolute Gasteiger partial charge is 0.129 e. The Morgan fingerprint density at radius 1 is 0.318 bits per heavy atom. The molecule has 2 heteroatoms. The largest absolute Gasteiger partial charge is 0.227 e. The van der Waals surface area contributed by atoms with Gasteiger partial charge in [-0.3, -0.25) is 0 Å². The van der Waals surface area contributed by atoms with Gasteiger partial charge in [-0.05, 0) is 58.4 Å². The van der Waals surface area contributed by atoms with Gasteiger partial charge < -0.3 is 0 Å². The molecule has 0 saturated carbocycles. The van der Waals surface area contributed by atoms with Crippen molar-refractivity contribution in [2.45, 2.75) is 37.9 Å². The maximum atomic E-state index is 6.88. The lowest BCUT2D eigenvalue weighted by atomic mass is 9.82. The second-order valence-corrected chi connectivity index (χ2v) is 11.3. The summed E-state index contributed by atoms with van der Waals surface area (Å²) in [6.45, 7) is 4.29. The lowest BCUT2D eigenvalue weighted by molar-refractivity contribution is -0.362. The zero-order chi connectivity index (χ0) is 30.1. The average Bonchev–Trinajstić information content (AvgIpc) is 3.08. The van der Waals surface area contributed by atoms with E-state index in [2.05, 4.69) is 184 Å². The van der Waals surface area contributed by atoms with Crippen LogP contribution in [-0.4, -0.2) is 0 Å². The van der Waals surface area contributed by atoms with Gasteiger partial charge in [0, 0.05) is 11.8 Å². The molecule has 0 fully saturated rings. The van der Waals surface area contributed by atoms with Gasteiger partial charge >= 0.3 is 0 Å². The van der Waals surface area contributed by atoms with Crippen molar-refractivity contribution in [2.24, 2.45) is 0 Å². The Hall–Kier alpha value is -4.76. The van der Waals surface area contributed by atoms with Crippen molar-refractivity contribution in [3.63, 3.8) is 0 Å². The van der Waals surface area contributed by atoms with Crippen LogP contribution in [0.5, 0.6) is 0 Å². The van der Waals surface area contributed by atoms with Crippen LogP contribution < -0.4 is 0 Å². The summed E-state index contributed by atoms with van der Waals surface area (Å²) in [7, 11) is 0. The lowest BCUT2D eigenvalue weighted by Gasteiger charge is -2.33. The Kier molecular flexibility index (Phi) is 9.42. The number of hydrogen-bond donors (Lipinski definition) is 0. The highest BCUT2D eigenvalue weighted by Gasteiger charge is 2.34. The molecule has 218 valence electrons. The van der Waals surface area contributed by atoms with Crippen molar-refractivity contribution in [3.05, 3.63) is 214 Å². The minimum Gasteiger partial charge on any atom is -0.227 e. The van der Waals surface area contributed by atoms with E-state index in [1.54, 1.807) is 0 Å². The first-order chi connectivity index (χ1) is 21.7. The van der Waals surface area contributed by atoms with Crippen LogP contribution in [0.1, 0.15) is 68.6 Å². The van der Waals surface area contributed by atoms with Crippen molar-refractivity contribution in [3.8, 4) is 0 Å². The first-order valence-electron chi connectivity index (χ1n) is 15.3. The first kappa shape index (κ1) is 29.3. The molecule has 0 aliphatic carbocycles. The molecule has 0 aromatic heterocycles. The van der Waals surface area contributed by atoms with Crippen LogP contribution in [0.15, 0.2) is 170 Å². The standard InChI is InChI=1S/C42H38O2/c1-31-19-15-17-29-37(31)41(39(33-21-7-3-8-22-33)34-23-9-4-10-24-34)43-44-42(38-30-18-16-20-32(38)2)40(35-25-11-5-12-26-35)36-27-13-6-14-28-36/h3-30,39-42H,1-2H3. The number of hydrogen-bond acceptors (Lipinski definition) is 2. The molecule has 0 bridgehead atoms. The van der Waals surface area contributed by atoms with E-state index in [0.29, 0.717) is 0 Å². The van der Waals surface area contributed by atoms with Crippen molar-refractivity contribution in [1.29, 1.82) is 0 Å². The zero-order valence-electron chi connectivity index (χ0n) is 25.3. The van der Waals surface area contributed by atoms with Crippen molar-refractivity contribution < 1.29 is 9.78 Å². The maximum absolute atomic E-state index is 6.88. The highest BCUT2D eigenvalue weighted by atomic mass is 17.2. The lowest BCUT2D eigenvalue weighted by Crippen LogP contribution is -2.22. The van der Waals surface area contributed by atoms with E-state index in [9.17, 15) is 0 Å². The molecule has 6 aromatic carbocycles. The van der Waals surface area contributed by atoms with Gasteiger partial charge in [-0.25, -0.2) is 9.78 Å². The summed E-state index contributed by atoms with van der Waals surface area (Å²) >= 11 is 0. The number of rotatable bonds is 11. The Morgan fingerprint density at radius 2 is 0.568 bits per heavy atom. The quantitative estimate of drug-likeness (QED) is 0.113. The van der Waals surface area contributed by atoms with Crippen molar-refractivity contribution in [2.75, 3.05) is 0 Å². The van der Waals surface area contributed by atoms with E-state index in [0.717, 1.165) is 22.3 Å². The van der Waals surface area contributed by atoms with E-state index < -0.39 is 12.2 Å². The third-order valence-electron chi connectivity index (χ3n) is 8.49. The topological polar surface area (TPSA) is 18.5 Å².